The number of rotatable bonds is 3. The van der Waals surface area contributed by atoms with E-state index in [9.17, 15) is 4.79 Å². The zero-order chi connectivity index (χ0) is 10.8. The third-order valence-corrected chi connectivity index (χ3v) is 2.61. The highest BCUT2D eigenvalue weighted by Gasteiger charge is 2.34. The maximum Gasteiger partial charge on any atom is 0.339 e. The summed E-state index contributed by atoms with van der Waals surface area (Å²) in [5.41, 5.74) is 7.09. The first-order valence-electron chi connectivity index (χ1n) is 4.92. The average molecular weight is 206 g/mol. The predicted molar refractivity (Wildman–Crippen MR) is 58.0 cm³/mol. The van der Waals surface area contributed by atoms with Crippen molar-refractivity contribution in [1.29, 1.82) is 0 Å². The fourth-order valence-electron chi connectivity index (χ4n) is 1.68. The third kappa shape index (κ3) is 1.80. The third-order valence-electron chi connectivity index (χ3n) is 2.61. The highest BCUT2D eigenvalue weighted by molar-refractivity contribution is 5.96. The average Bonchev–Trinajstić information content (AvgIpc) is 3.07. The molecule has 2 N–H and O–H groups in total. The van der Waals surface area contributed by atoms with Gasteiger partial charge in [0.25, 0.3) is 0 Å². The molecule has 15 heavy (non-hydrogen) atoms. The number of nitrogens with zero attached hydrogens (tertiary/aromatic N) is 1. The molecule has 1 fully saturated rings. The number of anilines is 1. The minimum atomic E-state index is -0.298. The summed E-state index contributed by atoms with van der Waals surface area (Å²) in [6.45, 7) is 1.54. The Labute approximate surface area is 88.6 Å². The van der Waals surface area contributed by atoms with Gasteiger partial charge in [0.15, 0.2) is 0 Å². The van der Waals surface area contributed by atoms with Gasteiger partial charge in [0, 0.05) is 13.1 Å². The highest BCUT2D eigenvalue weighted by atomic mass is 16.5. The Bertz CT molecular complexity index is 379. The van der Waals surface area contributed by atoms with Gasteiger partial charge in [-0.25, -0.2) is 4.79 Å². The second kappa shape index (κ2) is 3.90. The van der Waals surface area contributed by atoms with Gasteiger partial charge < -0.3 is 15.4 Å². The van der Waals surface area contributed by atoms with Crippen molar-refractivity contribution in [2.75, 3.05) is 25.1 Å². The van der Waals surface area contributed by atoms with Gasteiger partial charge in [-0.3, -0.25) is 0 Å². The number of nitrogens with two attached hydrogens (primary N) is 1. The van der Waals surface area contributed by atoms with Crippen molar-refractivity contribution in [3.05, 3.63) is 29.8 Å². The molecule has 1 atom stereocenters. The van der Waals surface area contributed by atoms with Gasteiger partial charge in [-0.15, -0.1) is 0 Å². The molecule has 2 rings (SSSR count). The number of para-hydroxylation sites is 1. The summed E-state index contributed by atoms with van der Waals surface area (Å²) in [5.74, 6) is -0.298. The molecule has 0 amide bonds. The van der Waals surface area contributed by atoms with Gasteiger partial charge in [-0.2, -0.15) is 0 Å². The first kappa shape index (κ1) is 9.98. The van der Waals surface area contributed by atoms with Crippen LogP contribution in [-0.2, 0) is 4.74 Å². The molecule has 0 spiro atoms. The molecule has 1 aliphatic heterocycles. The quantitative estimate of drug-likeness (QED) is 0.582. The van der Waals surface area contributed by atoms with E-state index < -0.39 is 0 Å². The van der Waals surface area contributed by atoms with Gasteiger partial charge >= 0.3 is 5.97 Å². The minimum Gasteiger partial charge on any atom is -0.465 e. The van der Waals surface area contributed by atoms with Crippen LogP contribution in [0.5, 0.6) is 0 Å². The molecular weight excluding hydrogens is 192 g/mol. The second-order valence-corrected chi connectivity index (χ2v) is 3.55. The Hall–Kier alpha value is -1.55. The van der Waals surface area contributed by atoms with Crippen molar-refractivity contribution in [3.8, 4) is 0 Å². The van der Waals surface area contributed by atoms with Crippen molar-refractivity contribution in [1.82, 2.24) is 0 Å². The van der Waals surface area contributed by atoms with Crippen molar-refractivity contribution in [2.45, 2.75) is 6.04 Å². The lowest BCUT2D eigenvalue weighted by Crippen LogP contribution is -2.14. The molecule has 1 aliphatic rings. The zero-order valence-corrected chi connectivity index (χ0v) is 8.64. The number of carbonyl (C=O) groups excluding carboxylic acids is 1. The second-order valence-electron chi connectivity index (χ2n) is 3.55. The molecule has 1 unspecified atom stereocenters. The maximum absolute atomic E-state index is 11.5. The first-order chi connectivity index (χ1) is 7.27. The van der Waals surface area contributed by atoms with E-state index >= 15 is 0 Å². The lowest BCUT2D eigenvalue weighted by Gasteiger charge is -2.09. The van der Waals surface area contributed by atoms with Crippen LogP contribution >= 0.6 is 0 Å². The number of esters is 1. The Balaban J connectivity index is 2.27. The van der Waals surface area contributed by atoms with Crippen LogP contribution < -0.4 is 10.6 Å². The molecule has 0 radical (unpaired) electrons. The Kier molecular flexibility index (Phi) is 2.60. The number of hydrogen-bond acceptors (Lipinski definition) is 4. The van der Waals surface area contributed by atoms with Crippen LogP contribution in [0.2, 0.25) is 0 Å². The predicted octanol–water partition coefficient (Wildman–Crippen LogP) is 0.620. The van der Waals surface area contributed by atoms with Gasteiger partial charge in [0.05, 0.1) is 24.4 Å². The molecule has 0 aliphatic carbocycles. The van der Waals surface area contributed by atoms with Crippen LogP contribution in [0.25, 0.3) is 0 Å². The summed E-state index contributed by atoms with van der Waals surface area (Å²) >= 11 is 0. The molecule has 0 aromatic heterocycles. The van der Waals surface area contributed by atoms with Crippen molar-refractivity contribution < 1.29 is 9.53 Å². The highest BCUT2D eigenvalue weighted by Crippen LogP contribution is 2.30. The summed E-state index contributed by atoms with van der Waals surface area (Å²) in [7, 11) is 1.39. The van der Waals surface area contributed by atoms with Crippen LogP contribution in [0.15, 0.2) is 24.3 Å². The van der Waals surface area contributed by atoms with Crippen molar-refractivity contribution in [2.24, 2.45) is 5.73 Å². The number of ether oxygens (including phenoxy) is 1. The SMILES string of the molecule is COC(=O)c1ccccc1N1CC1CN. The monoisotopic (exact) mass is 206 g/mol. The smallest absolute Gasteiger partial charge is 0.339 e. The van der Waals surface area contributed by atoms with E-state index in [1.54, 1.807) is 6.07 Å². The summed E-state index contributed by atoms with van der Waals surface area (Å²) in [4.78, 5) is 13.6. The Morgan fingerprint density at radius 2 is 2.33 bits per heavy atom. The van der Waals surface area contributed by atoms with Gasteiger partial charge in [0.1, 0.15) is 0 Å². The van der Waals surface area contributed by atoms with Gasteiger partial charge in [0.2, 0.25) is 0 Å². The molecule has 4 nitrogen and oxygen atoms in total. The topological polar surface area (TPSA) is 55.3 Å². The summed E-state index contributed by atoms with van der Waals surface area (Å²) in [5, 5.41) is 0. The summed E-state index contributed by atoms with van der Waals surface area (Å²) < 4.78 is 4.73. The summed E-state index contributed by atoms with van der Waals surface area (Å²) in [6.07, 6.45) is 0. The van der Waals surface area contributed by atoms with E-state index in [1.807, 2.05) is 18.2 Å². The number of carbonyl (C=O) groups is 1. The molecule has 1 aromatic carbocycles. The molecule has 1 saturated heterocycles. The van der Waals surface area contributed by atoms with E-state index in [2.05, 4.69) is 4.90 Å². The van der Waals surface area contributed by atoms with E-state index in [0.29, 0.717) is 18.2 Å². The van der Waals surface area contributed by atoms with Crippen molar-refractivity contribution in [3.63, 3.8) is 0 Å². The van der Waals surface area contributed by atoms with E-state index in [0.717, 1.165) is 12.2 Å². The van der Waals surface area contributed by atoms with E-state index in [-0.39, 0.29) is 5.97 Å². The Morgan fingerprint density at radius 1 is 1.60 bits per heavy atom. The number of hydrogen-bond donors (Lipinski definition) is 1. The summed E-state index contributed by atoms with van der Waals surface area (Å²) in [6, 6.07) is 7.80. The molecule has 1 heterocycles. The molecule has 4 heteroatoms. The normalized spacial score (nSPS) is 18.8. The van der Waals surface area contributed by atoms with Crippen LogP contribution in [0.1, 0.15) is 10.4 Å². The first-order valence-corrected chi connectivity index (χ1v) is 4.92. The number of methoxy groups -OCH3 is 1. The van der Waals surface area contributed by atoms with E-state index in [4.69, 9.17) is 10.5 Å². The van der Waals surface area contributed by atoms with Crippen LogP contribution in [0, 0.1) is 0 Å². The van der Waals surface area contributed by atoms with Crippen LogP contribution in [-0.4, -0.2) is 32.2 Å². The largest absolute Gasteiger partial charge is 0.465 e. The fraction of sp³-hybridized carbons (Fsp3) is 0.364. The molecule has 0 saturated carbocycles. The Morgan fingerprint density at radius 3 is 2.93 bits per heavy atom. The minimum absolute atomic E-state index is 0.298. The van der Waals surface area contributed by atoms with Crippen molar-refractivity contribution >= 4 is 11.7 Å². The molecular formula is C11H14N2O2. The van der Waals surface area contributed by atoms with Gasteiger partial charge in [-0.05, 0) is 12.1 Å². The van der Waals surface area contributed by atoms with Gasteiger partial charge in [-0.1, -0.05) is 12.1 Å². The standard InChI is InChI=1S/C11H14N2O2/c1-15-11(14)9-4-2-3-5-10(9)13-7-8(13)6-12/h2-5,8H,6-7,12H2,1H3. The lowest BCUT2D eigenvalue weighted by atomic mass is 10.2. The maximum atomic E-state index is 11.5. The fourth-order valence-corrected chi connectivity index (χ4v) is 1.68. The lowest BCUT2D eigenvalue weighted by molar-refractivity contribution is 0.0601. The number of benzene rings is 1. The molecule has 80 valence electrons. The molecule has 0 bridgehead atoms. The van der Waals surface area contributed by atoms with E-state index in [1.165, 1.54) is 7.11 Å². The van der Waals surface area contributed by atoms with Crippen LogP contribution in [0.4, 0.5) is 5.69 Å². The molecule has 1 aromatic rings. The van der Waals surface area contributed by atoms with Crippen LogP contribution in [0.3, 0.4) is 0 Å². The zero-order valence-electron chi connectivity index (χ0n) is 8.64.